The molecule has 1 heterocycles. The molecule has 0 spiro atoms. The van der Waals surface area contributed by atoms with Gasteiger partial charge < -0.3 is 23.7 Å². The van der Waals surface area contributed by atoms with Crippen LogP contribution in [0.15, 0.2) is 59.6 Å². The third-order valence-corrected chi connectivity index (χ3v) is 5.74. The molecule has 1 aliphatic rings. The summed E-state index contributed by atoms with van der Waals surface area (Å²) >= 11 is 0. The number of methoxy groups -OCH3 is 4. The molecule has 3 aromatic rings. The third-order valence-electron chi connectivity index (χ3n) is 5.74. The SMILES string of the molecule is COc1cc(CC2=NCCc3c2cc(OC)c(OC)c3OC)ccc1OCc1ccccc1. The van der Waals surface area contributed by atoms with Crippen molar-refractivity contribution in [2.24, 2.45) is 4.99 Å². The normalized spacial score (nSPS) is 12.4. The Morgan fingerprint density at radius 2 is 1.48 bits per heavy atom. The lowest BCUT2D eigenvalue weighted by Gasteiger charge is -2.23. The van der Waals surface area contributed by atoms with Crippen molar-refractivity contribution in [3.63, 3.8) is 0 Å². The molecular weight excluding hydrogens is 418 g/mol. The minimum atomic E-state index is 0.484. The van der Waals surface area contributed by atoms with Crippen LogP contribution in [0.1, 0.15) is 22.3 Å². The fourth-order valence-corrected chi connectivity index (χ4v) is 4.13. The average Bonchev–Trinajstić information content (AvgIpc) is 2.87. The number of hydrogen-bond acceptors (Lipinski definition) is 6. The summed E-state index contributed by atoms with van der Waals surface area (Å²) in [5.74, 6) is 3.36. The van der Waals surface area contributed by atoms with Crippen LogP contribution in [0.25, 0.3) is 0 Å². The van der Waals surface area contributed by atoms with Gasteiger partial charge in [-0.25, -0.2) is 0 Å². The fourth-order valence-electron chi connectivity index (χ4n) is 4.13. The van der Waals surface area contributed by atoms with Gasteiger partial charge in [-0.05, 0) is 35.7 Å². The van der Waals surface area contributed by atoms with E-state index in [-0.39, 0.29) is 0 Å². The molecule has 0 N–H and O–H groups in total. The van der Waals surface area contributed by atoms with Crippen LogP contribution in [0.4, 0.5) is 0 Å². The maximum absolute atomic E-state index is 6.00. The molecule has 0 amide bonds. The summed E-state index contributed by atoms with van der Waals surface area (Å²) in [6, 6.07) is 18.1. The second kappa shape index (κ2) is 10.3. The van der Waals surface area contributed by atoms with E-state index in [1.807, 2.05) is 48.5 Å². The van der Waals surface area contributed by atoms with Gasteiger partial charge in [0.05, 0.1) is 28.4 Å². The number of benzene rings is 3. The highest BCUT2D eigenvalue weighted by Crippen LogP contribution is 2.43. The summed E-state index contributed by atoms with van der Waals surface area (Å²) in [6.45, 7) is 1.18. The van der Waals surface area contributed by atoms with Gasteiger partial charge >= 0.3 is 0 Å². The van der Waals surface area contributed by atoms with E-state index in [1.165, 1.54) is 0 Å². The maximum Gasteiger partial charge on any atom is 0.203 e. The van der Waals surface area contributed by atoms with Gasteiger partial charge in [-0.1, -0.05) is 36.4 Å². The monoisotopic (exact) mass is 447 g/mol. The molecule has 4 rings (SSSR count). The Morgan fingerprint density at radius 1 is 0.727 bits per heavy atom. The number of fused-ring (bicyclic) bond motifs is 1. The molecule has 0 bridgehead atoms. The molecule has 0 fully saturated rings. The molecule has 0 radical (unpaired) electrons. The molecule has 0 atom stereocenters. The van der Waals surface area contributed by atoms with Gasteiger partial charge in [0.15, 0.2) is 23.0 Å². The molecule has 0 saturated carbocycles. The first-order valence-corrected chi connectivity index (χ1v) is 10.9. The Balaban J connectivity index is 1.59. The van der Waals surface area contributed by atoms with E-state index in [9.17, 15) is 0 Å². The minimum Gasteiger partial charge on any atom is -0.493 e. The summed E-state index contributed by atoms with van der Waals surface area (Å²) in [5.41, 5.74) is 5.29. The van der Waals surface area contributed by atoms with E-state index in [1.54, 1.807) is 28.4 Å². The minimum absolute atomic E-state index is 0.484. The van der Waals surface area contributed by atoms with E-state index in [4.69, 9.17) is 28.7 Å². The summed E-state index contributed by atoms with van der Waals surface area (Å²) in [6.07, 6.45) is 1.44. The first kappa shape index (κ1) is 22.5. The number of rotatable bonds is 9. The van der Waals surface area contributed by atoms with Crippen LogP contribution >= 0.6 is 0 Å². The Hall–Kier alpha value is -3.67. The lowest BCUT2D eigenvalue weighted by atomic mass is 9.92. The topological polar surface area (TPSA) is 58.5 Å². The van der Waals surface area contributed by atoms with Gasteiger partial charge in [0.2, 0.25) is 5.75 Å². The molecule has 33 heavy (non-hydrogen) atoms. The van der Waals surface area contributed by atoms with Crippen LogP contribution < -0.4 is 23.7 Å². The highest BCUT2D eigenvalue weighted by molar-refractivity contribution is 6.05. The number of aliphatic imine (C=N–C) groups is 1. The zero-order valence-corrected chi connectivity index (χ0v) is 19.5. The Bertz CT molecular complexity index is 1140. The standard InChI is InChI=1S/C27H29NO5/c1-29-24-15-19(10-11-23(24)33-17-18-8-6-5-7-9-18)14-22-21-16-25(30-2)27(32-4)26(31-3)20(21)12-13-28-22/h5-11,15-16H,12-14,17H2,1-4H3. The molecule has 6 nitrogen and oxygen atoms in total. The highest BCUT2D eigenvalue weighted by atomic mass is 16.5. The van der Waals surface area contributed by atoms with Crippen LogP contribution in [0, 0.1) is 0 Å². The summed E-state index contributed by atoms with van der Waals surface area (Å²) in [4.78, 5) is 4.82. The highest BCUT2D eigenvalue weighted by Gasteiger charge is 2.25. The van der Waals surface area contributed by atoms with Crippen molar-refractivity contribution < 1.29 is 23.7 Å². The molecule has 0 saturated heterocycles. The van der Waals surface area contributed by atoms with E-state index in [0.717, 1.165) is 34.4 Å². The summed E-state index contributed by atoms with van der Waals surface area (Å²) < 4.78 is 28.4. The number of ether oxygens (including phenoxy) is 5. The third kappa shape index (κ3) is 4.75. The Kier molecular flexibility index (Phi) is 7.03. The van der Waals surface area contributed by atoms with Crippen molar-refractivity contribution in [3.05, 3.63) is 76.9 Å². The molecule has 0 unspecified atom stereocenters. The quantitative estimate of drug-likeness (QED) is 0.468. The van der Waals surface area contributed by atoms with Crippen molar-refractivity contribution in [2.45, 2.75) is 19.4 Å². The lowest BCUT2D eigenvalue weighted by molar-refractivity contribution is 0.284. The van der Waals surface area contributed by atoms with Crippen molar-refractivity contribution >= 4 is 5.71 Å². The Labute approximate surface area is 194 Å². The molecule has 6 heteroatoms. The second-order valence-electron chi connectivity index (χ2n) is 7.69. The largest absolute Gasteiger partial charge is 0.493 e. The smallest absolute Gasteiger partial charge is 0.203 e. The van der Waals surface area contributed by atoms with Crippen LogP contribution in [0.3, 0.4) is 0 Å². The average molecular weight is 448 g/mol. The van der Waals surface area contributed by atoms with Crippen molar-refractivity contribution in [1.29, 1.82) is 0 Å². The first-order chi connectivity index (χ1) is 16.2. The first-order valence-electron chi connectivity index (χ1n) is 10.9. The van der Waals surface area contributed by atoms with Crippen molar-refractivity contribution in [3.8, 4) is 28.7 Å². The van der Waals surface area contributed by atoms with Crippen LogP contribution in [0.5, 0.6) is 28.7 Å². The summed E-state index contributed by atoms with van der Waals surface area (Å²) in [7, 11) is 6.56. The zero-order valence-electron chi connectivity index (χ0n) is 19.5. The van der Waals surface area contributed by atoms with Gasteiger partial charge in [-0.15, -0.1) is 0 Å². The molecule has 1 aliphatic heterocycles. The Morgan fingerprint density at radius 3 is 2.18 bits per heavy atom. The fraction of sp³-hybridized carbons (Fsp3) is 0.296. The summed E-state index contributed by atoms with van der Waals surface area (Å²) in [5, 5.41) is 0. The molecular formula is C27H29NO5. The van der Waals surface area contributed by atoms with Gasteiger partial charge in [-0.2, -0.15) is 0 Å². The molecule has 0 aliphatic carbocycles. The van der Waals surface area contributed by atoms with Crippen LogP contribution in [-0.4, -0.2) is 40.7 Å². The van der Waals surface area contributed by atoms with Crippen LogP contribution in [-0.2, 0) is 19.4 Å². The van der Waals surface area contributed by atoms with Gasteiger partial charge in [-0.3, -0.25) is 4.99 Å². The second-order valence-corrected chi connectivity index (χ2v) is 7.69. The molecule has 172 valence electrons. The number of hydrogen-bond donors (Lipinski definition) is 0. The van der Waals surface area contributed by atoms with E-state index < -0.39 is 0 Å². The molecule has 0 aromatic heterocycles. The van der Waals surface area contributed by atoms with Gasteiger partial charge in [0, 0.05) is 29.8 Å². The van der Waals surface area contributed by atoms with Gasteiger partial charge in [0.25, 0.3) is 0 Å². The molecule has 3 aromatic carbocycles. The number of nitrogens with zero attached hydrogens (tertiary/aromatic N) is 1. The van der Waals surface area contributed by atoms with E-state index >= 15 is 0 Å². The van der Waals surface area contributed by atoms with Gasteiger partial charge in [0.1, 0.15) is 6.61 Å². The van der Waals surface area contributed by atoms with E-state index in [2.05, 4.69) is 6.07 Å². The van der Waals surface area contributed by atoms with Crippen molar-refractivity contribution in [2.75, 3.05) is 35.0 Å². The lowest BCUT2D eigenvalue weighted by Crippen LogP contribution is -2.17. The van der Waals surface area contributed by atoms with Crippen LogP contribution in [0.2, 0.25) is 0 Å². The maximum atomic E-state index is 6.00. The predicted molar refractivity (Wildman–Crippen MR) is 129 cm³/mol. The van der Waals surface area contributed by atoms with Crippen molar-refractivity contribution in [1.82, 2.24) is 0 Å². The predicted octanol–water partition coefficient (Wildman–Crippen LogP) is 4.89. The van der Waals surface area contributed by atoms with E-state index in [0.29, 0.717) is 48.3 Å². The zero-order chi connectivity index (χ0) is 23.2.